The Balaban J connectivity index is 1.86. The number of halogens is 1. The van der Waals surface area contributed by atoms with Gasteiger partial charge in [0.05, 0.1) is 0 Å². The summed E-state index contributed by atoms with van der Waals surface area (Å²) in [5.41, 5.74) is 8.02. The fourth-order valence-corrected chi connectivity index (χ4v) is 1.87. The van der Waals surface area contributed by atoms with Crippen LogP contribution in [0.1, 0.15) is 11.1 Å². The Morgan fingerprint density at radius 3 is 2.68 bits per heavy atom. The number of nitrogens with one attached hydrogen (secondary N) is 1. The van der Waals surface area contributed by atoms with E-state index in [-0.39, 0.29) is 18.3 Å². The van der Waals surface area contributed by atoms with Crippen LogP contribution in [-0.4, -0.2) is 18.3 Å². The second-order valence-electron chi connectivity index (χ2n) is 4.63. The summed E-state index contributed by atoms with van der Waals surface area (Å²) in [6.45, 7) is 1.65. The second-order valence-corrected chi connectivity index (χ2v) is 5.04. The number of benzene rings is 2. The number of rotatable bonds is 5. The fraction of sp³-hybridized carbons (Fsp3) is 0.125. The van der Waals surface area contributed by atoms with Crippen molar-refractivity contribution >= 4 is 29.0 Å². The lowest BCUT2D eigenvalue weighted by molar-refractivity contribution is -0.120. The second kappa shape index (κ2) is 7.47. The first-order valence-corrected chi connectivity index (χ1v) is 7.01. The van der Waals surface area contributed by atoms with Crippen LogP contribution in [0, 0.1) is 6.92 Å². The first-order valence-electron chi connectivity index (χ1n) is 6.63. The monoisotopic (exact) mass is 317 g/mol. The zero-order chi connectivity index (χ0) is 15.9. The molecule has 0 unspecified atom stereocenters. The van der Waals surface area contributed by atoms with Crippen molar-refractivity contribution in [2.75, 3.05) is 11.9 Å². The molecule has 114 valence electrons. The van der Waals surface area contributed by atoms with Gasteiger partial charge < -0.3 is 15.9 Å². The van der Waals surface area contributed by atoms with Crippen LogP contribution < -0.4 is 11.1 Å². The van der Waals surface area contributed by atoms with Crippen LogP contribution in [0.5, 0.6) is 0 Å². The SMILES string of the molecule is Cc1ccc(NC(=O)CO/N=C(/N)c2ccccc2)cc1Cl. The first kappa shape index (κ1) is 15.9. The summed E-state index contributed by atoms with van der Waals surface area (Å²) in [4.78, 5) is 16.7. The highest BCUT2D eigenvalue weighted by atomic mass is 35.5. The van der Waals surface area contributed by atoms with Crippen molar-refractivity contribution in [3.63, 3.8) is 0 Å². The molecule has 1 amide bonds. The van der Waals surface area contributed by atoms with Crippen molar-refractivity contribution in [2.24, 2.45) is 10.9 Å². The molecule has 0 saturated carbocycles. The van der Waals surface area contributed by atoms with Crippen LogP contribution in [0.25, 0.3) is 0 Å². The van der Waals surface area contributed by atoms with Gasteiger partial charge in [0.25, 0.3) is 5.91 Å². The van der Waals surface area contributed by atoms with Gasteiger partial charge in [-0.25, -0.2) is 0 Å². The van der Waals surface area contributed by atoms with Crippen LogP contribution in [0.2, 0.25) is 5.02 Å². The molecule has 0 fully saturated rings. The molecule has 22 heavy (non-hydrogen) atoms. The van der Waals surface area contributed by atoms with E-state index in [4.69, 9.17) is 22.2 Å². The van der Waals surface area contributed by atoms with Gasteiger partial charge in [-0.1, -0.05) is 53.2 Å². The average Bonchev–Trinajstić information content (AvgIpc) is 2.51. The molecule has 0 radical (unpaired) electrons. The number of nitrogens with zero attached hydrogens (tertiary/aromatic N) is 1. The minimum atomic E-state index is -0.343. The van der Waals surface area contributed by atoms with E-state index in [9.17, 15) is 4.79 Å². The molecule has 0 aromatic heterocycles. The van der Waals surface area contributed by atoms with Gasteiger partial charge in [0.1, 0.15) is 0 Å². The Morgan fingerprint density at radius 1 is 1.27 bits per heavy atom. The van der Waals surface area contributed by atoms with Crippen LogP contribution >= 0.6 is 11.6 Å². The summed E-state index contributed by atoms with van der Waals surface area (Å²) in [6, 6.07) is 14.4. The summed E-state index contributed by atoms with van der Waals surface area (Å²) in [7, 11) is 0. The molecule has 0 aliphatic rings. The lowest BCUT2D eigenvalue weighted by Crippen LogP contribution is -2.19. The van der Waals surface area contributed by atoms with E-state index in [2.05, 4.69) is 10.5 Å². The molecule has 0 aliphatic heterocycles. The maximum atomic E-state index is 11.7. The van der Waals surface area contributed by atoms with E-state index in [0.29, 0.717) is 10.7 Å². The molecule has 2 aromatic rings. The quantitative estimate of drug-likeness (QED) is 0.505. The lowest BCUT2D eigenvalue weighted by atomic mass is 10.2. The highest BCUT2D eigenvalue weighted by Gasteiger charge is 2.05. The summed E-state index contributed by atoms with van der Waals surface area (Å²) >= 11 is 5.99. The number of oxime groups is 1. The van der Waals surface area contributed by atoms with Gasteiger partial charge in [-0.3, -0.25) is 4.79 Å². The summed E-state index contributed by atoms with van der Waals surface area (Å²) in [5, 5.41) is 6.97. The molecule has 2 rings (SSSR count). The fourth-order valence-electron chi connectivity index (χ4n) is 1.69. The molecular weight excluding hydrogens is 302 g/mol. The van der Waals surface area contributed by atoms with E-state index in [1.165, 1.54) is 0 Å². The number of hydrogen-bond donors (Lipinski definition) is 2. The number of anilines is 1. The topological polar surface area (TPSA) is 76.7 Å². The smallest absolute Gasteiger partial charge is 0.265 e. The molecule has 5 nitrogen and oxygen atoms in total. The third kappa shape index (κ3) is 4.49. The number of hydrogen-bond acceptors (Lipinski definition) is 3. The predicted molar refractivity (Wildman–Crippen MR) is 87.9 cm³/mol. The van der Waals surface area contributed by atoms with Crippen LogP contribution in [0.3, 0.4) is 0 Å². The molecule has 0 atom stereocenters. The largest absolute Gasteiger partial charge is 0.384 e. The minimum Gasteiger partial charge on any atom is -0.384 e. The van der Waals surface area contributed by atoms with E-state index >= 15 is 0 Å². The maximum absolute atomic E-state index is 11.7. The minimum absolute atomic E-state index is 0.215. The average molecular weight is 318 g/mol. The van der Waals surface area contributed by atoms with Crippen molar-refractivity contribution in [3.8, 4) is 0 Å². The van der Waals surface area contributed by atoms with Gasteiger partial charge in [-0.2, -0.15) is 0 Å². The van der Waals surface area contributed by atoms with Gasteiger partial charge in [-0.05, 0) is 24.6 Å². The molecule has 0 saturated heterocycles. The van der Waals surface area contributed by atoms with E-state index in [0.717, 1.165) is 11.1 Å². The van der Waals surface area contributed by atoms with Crippen LogP contribution in [0.15, 0.2) is 53.7 Å². The molecule has 0 heterocycles. The van der Waals surface area contributed by atoms with Gasteiger partial charge in [0, 0.05) is 16.3 Å². The Labute approximate surface area is 133 Å². The molecule has 0 spiro atoms. The van der Waals surface area contributed by atoms with Crippen molar-refractivity contribution in [1.82, 2.24) is 0 Å². The summed E-state index contributed by atoms with van der Waals surface area (Å²) in [6.07, 6.45) is 0. The van der Waals surface area contributed by atoms with Crippen LogP contribution in [0.4, 0.5) is 5.69 Å². The third-order valence-corrected chi connectivity index (χ3v) is 3.29. The first-order chi connectivity index (χ1) is 10.6. The number of carbonyl (C=O) groups excluding carboxylic acids is 1. The summed E-state index contributed by atoms with van der Waals surface area (Å²) in [5.74, 6) is -0.128. The zero-order valence-electron chi connectivity index (χ0n) is 12.0. The normalized spacial score (nSPS) is 11.1. The predicted octanol–water partition coefficient (Wildman–Crippen LogP) is 2.92. The number of amides is 1. The number of carbonyl (C=O) groups is 1. The van der Waals surface area contributed by atoms with Gasteiger partial charge >= 0.3 is 0 Å². The highest BCUT2D eigenvalue weighted by molar-refractivity contribution is 6.31. The van der Waals surface area contributed by atoms with E-state index in [1.807, 2.05) is 31.2 Å². The molecule has 3 N–H and O–H groups in total. The van der Waals surface area contributed by atoms with Crippen molar-refractivity contribution in [3.05, 3.63) is 64.7 Å². The Bertz CT molecular complexity index is 687. The molecular formula is C16H16ClN3O2. The van der Waals surface area contributed by atoms with Gasteiger partial charge in [0.2, 0.25) is 0 Å². The highest BCUT2D eigenvalue weighted by Crippen LogP contribution is 2.19. The molecule has 0 aliphatic carbocycles. The van der Waals surface area contributed by atoms with E-state index < -0.39 is 0 Å². The maximum Gasteiger partial charge on any atom is 0.265 e. The molecule has 6 heteroatoms. The van der Waals surface area contributed by atoms with E-state index in [1.54, 1.807) is 24.3 Å². The Hall–Kier alpha value is -2.53. The summed E-state index contributed by atoms with van der Waals surface area (Å²) < 4.78 is 0. The third-order valence-electron chi connectivity index (χ3n) is 2.88. The number of aryl methyl sites for hydroxylation is 1. The van der Waals surface area contributed by atoms with Crippen LogP contribution in [-0.2, 0) is 9.63 Å². The molecule has 2 aromatic carbocycles. The standard InChI is InChI=1S/C16H16ClN3O2/c1-11-7-8-13(9-14(11)17)19-15(21)10-22-20-16(18)12-5-3-2-4-6-12/h2-9H,10H2,1H3,(H2,18,20)(H,19,21). The zero-order valence-corrected chi connectivity index (χ0v) is 12.8. The lowest BCUT2D eigenvalue weighted by Gasteiger charge is -2.06. The molecule has 0 bridgehead atoms. The van der Waals surface area contributed by atoms with Crippen molar-refractivity contribution in [1.29, 1.82) is 0 Å². The van der Waals surface area contributed by atoms with Crippen molar-refractivity contribution < 1.29 is 9.63 Å². The number of amidine groups is 1. The Kier molecular flexibility index (Phi) is 5.38. The van der Waals surface area contributed by atoms with Crippen molar-refractivity contribution in [2.45, 2.75) is 6.92 Å². The van der Waals surface area contributed by atoms with Gasteiger partial charge in [0.15, 0.2) is 12.4 Å². The number of nitrogens with two attached hydrogens (primary N) is 1. The van der Waals surface area contributed by atoms with Gasteiger partial charge in [-0.15, -0.1) is 0 Å². The Morgan fingerprint density at radius 2 is 2.00 bits per heavy atom.